The van der Waals surface area contributed by atoms with Gasteiger partial charge in [-0.1, -0.05) is 19.1 Å². The highest BCUT2D eigenvalue weighted by Crippen LogP contribution is 2.28. The molecule has 1 aliphatic carbocycles. The van der Waals surface area contributed by atoms with Gasteiger partial charge in [-0.2, -0.15) is 0 Å². The molecule has 2 atom stereocenters. The zero-order valence-corrected chi connectivity index (χ0v) is 8.05. The highest BCUT2D eigenvalue weighted by atomic mass is 16.1. The van der Waals surface area contributed by atoms with Crippen molar-refractivity contribution >= 4 is 5.78 Å². The molecule has 1 rings (SSSR count). The van der Waals surface area contributed by atoms with E-state index in [2.05, 4.69) is 13.0 Å². The third-order valence-electron chi connectivity index (χ3n) is 2.68. The molecule has 2 unspecified atom stereocenters. The summed E-state index contributed by atoms with van der Waals surface area (Å²) in [6, 6.07) is 0. The van der Waals surface area contributed by atoms with Gasteiger partial charge in [-0.3, -0.25) is 4.79 Å². The number of Topliss-reactive ketones (excluding diaryl/α,β-unsaturated/α-hetero) is 1. The molecule has 1 saturated carbocycles. The van der Waals surface area contributed by atoms with Gasteiger partial charge >= 0.3 is 0 Å². The summed E-state index contributed by atoms with van der Waals surface area (Å²) in [6.45, 7) is 4.26. The van der Waals surface area contributed by atoms with E-state index in [1.807, 2.05) is 13.0 Å². The minimum atomic E-state index is 0.324. The fraction of sp³-hybridized carbons (Fsp3) is 0.727. The minimum absolute atomic E-state index is 0.324. The second kappa shape index (κ2) is 4.44. The molecule has 1 heteroatoms. The van der Waals surface area contributed by atoms with Crippen molar-refractivity contribution in [3.05, 3.63) is 12.2 Å². The topological polar surface area (TPSA) is 17.1 Å². The number of hydrogen-bond acceptors (Lipinski definition) is 1. The molecule has 1 nitrogen and oxygen atoms in total. The monoisotopic (exact) mass is 166 g/mol. The van der Waals surface area contributed by atoms with Crippen LogP contribution in [0.1, 0.15) is 39.5 Å². The van der Waals surface area contributed by atoms with Crippen molar-refractivity contribution in [3.63, 3.8) is 0 Å². The van der Waals surface area contributed by atoms with Gasteiger partial charge < -0.3 is 0 Å². The van der Waals surface area contributed by atoms with Crippen molar-refractivity contribution in [2.24, 2.45) is 11.8 Å². The van der Waals surface area contributed by atoms with Crippen LogP contribution in [-0.2, 0) is 4.79 Å². The number of carbonyl (C=O) groups excluding carboxylic acids is 1. The molecule has 12 heavy (non-hydrogen) atoms. The van der Waals surface area contributed by atoms with Gasteiger partial charge in [0.05, 0.1) is 0 Å². The summed E-state index contributed by atoms with van der Waals surface area (Å²) in [6.07, 6.45) is 8.12. The van der Waals surface area contributed by atoms with E-state index in [0.717, 1.165) is 31.6 Å². The Balaban J connectivity index is 2.43. The van der Waals surface area contributed by atoms with Crippen LogP contribution in [0.2, 0.25) is 0 Å². The maximum Gasteiger partial charge on any atom is 0.136 e. The van der Waals surface area contributed by atoms with E-state index >= 15 is 0 Å². The van der Waals surface area contributed by atoms with Crippen molar-refractivity contribution < 1.29 is 4.79 Å². The summed E-state index contributed by atoms with van der Waals surface area (Å²) in [5.41, 5.74) is 0. The molecule has 0 amide bonds. The van der Waals surface area contributed by atoms with Crippen LogP contribution in [0, 0.1) is 11.8 Å². The Labute approximate surface area is 74.9 Å². The van der Waals surface area contributed by atoms with Crippen molar-refractivity contribution in [3.8, 4) is 0 Å². The standard InChI is InChI=1S/C11H18O/c1-3-4-5-10-8-9(2)6-7-11(10)12/h3-4,9-10H,5-8H2,1-2H3. The minimum Gasteiger partial charge on any atom is -0.299 e. The molecule has 0 radical (unpaired) electrons. The van der Waals surface area contributed by atoms with Crippen LogP contribution in [0.3, 0.4) is 0 Å². The van der Waals surface area contributed by atoms with Gasteiger partial charge in [0.1, 0.15) is 5.78 Å². The van der Waals surface area contributed by atoms with Gasteiger partial charge in [0, 0.05) is 12.3 Å². The van der Waals surface area contributed by atoms with E-state index in [4.69, 9.17) is 0 Å². The molecular formula is C11H18O. The molecule has 0 bridgehead atoms. The van der Waals surface area contributed by atoms with Gasteiger partial charge in [0.25, 0.3) is 0 Å². The van der Waals surface area contributed by atoms with Crippen LogP contribution in [-0.4, -0.2) is 5.78 Å². The smallest absolute Gasteiger partial charge is 0.136 e. The molecule has 0 aromatic heterocycles. The van der Waals surface area contributed by atoms with E-state index in [-0.39, 0.29) is 0 Å². The van der Waals surface area contributed by atoms with E-state index in [9.17, 15) is 4.79 Å². The summed E-state index contributed by atoms with van der Waals surface area (Å²) in [4.78, 5) is 11.4. The average molecular weight is 166 g/mol. The lowest BCUT2D eigenvalue weighted by molar-refractivity contribution is -0.125. The Hall–Kier alpha value is -0.590. The molecule has 68 valence electrons. The molecule has 0 N–H and O–H groups in total. The highest BCUT2D eigenvalue weighted by molar-refractivity contribution is 5.81. The fourth-order valence-corrected chi connectivity index (χ4v) is 1.86. The number of carbonyl (C=O) groups is 1. The van der Waals surface area contributed by atoms with Crippen molar-refractivity contribution in [2.45, 2.75) is 39.5 Å². The SMILES string of the molecule is CC=CCC1CC(C)CCC1=O. The predicted octanol–water partition coefficient (Wildman–Crippen LogP) is 2.96. The summed E-state index contributed by atoms with van der Waals surface area (Å²) in [5, 5.41) is 0. The third kappa shape index (κ3) is 2.47. The lowest BCUT2D eigenvalue weighted by Gasteiger charge is -2.24. The molecule has 0 spiro atoms. The van der Waals surface area contributed by atoms with E-state index < -0.39 is 0 Å². The Morgan fingerprint density at radius 1 is 1.58 bits per heavy atom. The lowest BCUT2D eigenvalue weighted by Crippen LogP contribution is -2.22. The van der Waals surface area contributed by atoms with E-state index in [1.165, 1.54) is 0 Å². The first kappa shape index (κ1) is 9.50. The Kier molecular flexibility index (Phi) is 3.51. The molecule has 0 heterocycles. The molecule has 0 saturated heterocycles. The summed E-state index contributed by atoms with van der Waals surface area (Å²) >= 11 is 0. The zero-order valence-electron chi connectivity index (χ0n) is 8.05. The molecule has 0 aliphatic heterocycles. The van der Waals surface area contributed by atoms with Crippen LogP contribution < -0.4 is 0 Å². The maximum atomic E-state index is 11.4. The largest absolute Gasteiger partial charge is 0.299 e. The molecule has 1 aliphatic rings. The Morgan fingerprint density at radius 2 is 2.33 bits per heavy atom. The van der Waals surface area contributed by atoms with E-state index in [1.54, 1.807) is 0 Å². The van der Waals surface area contributed by atoms with Crippen molar-refractivity contribution in [2.75, 3.05) is 0 Å². The van der Waals surface area contributed by atoms with Crippen LogP contribution in [0.15, 0.2) is 12.2 Å². The Morgan fingerprint density at radius 3 is 3.00 bits per heavy atom. The van der Waals surface area contributed by atoms with Gasteiger partial charge in [0.2, 0.25) is 0 Å². The van der Waals surface area contributed by atoms with E-state index in [0.29, 0.717) is 11.7 Å². The first-order chi connectivity index (χ1) is 5.74. The number of allylic oxidation sites excluding steroid dienone is 2. The second-order valence-electron chi connectivity index (χ2n) is 3.85. The summed E-state index contributed by atoms with van der Waals surface area (Å²) < 4.78 is 0. The average Bonchev–Trinajstić information content (AvgIpc) is 2.07. The summed E-state index contributed by atoms with van der Waals surface area (Å²) in [5.74, 6) is 1.55. The molecule has 1 fully saturated rings. The zero-order chi connectivity index (χ0) is 8.97. The molecular weight excluding hydrogens is 148 g/mol. The van der Waals surface area contributed by atoms with Crippen molar-refractivity contribution in [1.82, 2.24) is 0 Å². The first-order valence-corrected chi connectivity index (χ1v) is 4.88. The summed E-state index contributed by atoms with van der Waals surface area (Å²) in [7, 11) is 0. The maximum absolute atomic E-state index is 11.4. The fourth-order valence-electron chi connectivity index (χ4n) is 1.86. The van der Waals surface area contributed by atoms with Gasteiger partial charge in [0.15, 0.2) is 0 Å². The Bertz CT molecular complexity index is 181. The third-order valence-corrected chi connectivity index (χ3v) is 2.68. The number of ketones is 1. The van der Waals surface area contributed by atoms with Gasteiger partial charge in [-0.15, -0.1) is 0 Å². The molecule has 0 aromatic carbocycles. The number of rotatable bonds is 2. The van der Waals surface area contributed by atoms with Gasteiger partial charge in [-0.05, 0) is 32.1 Å². The van der Waals surface area contributed by atoms with Crippen LogP contribution in [0.25, 0.3) is 0 Å². The van der Waals surface area contributed by atoms with Crippen LogP contribution in [0.5, 0.6) is 0 Å². The number of hydrogen-bond donors (Lipinski definition) is 0. The lowest BCUT2D eigenvalue weighted by atomic mass is 9.80. The van der Waals surface area contributed by atoms with Crippen molar-refractivity contribution in [1.29, 1.82) is 0 Å². The van der Waals surface area contributed by atoms with Gasteiger partial charge in [-0.25, -0.2) is 0 Å². The second-order valence-corrected chi connectivity index (χ2v) is 3.85. The van der Waals surface area contributed by atoms with Crippen LogP contribution >= 0.6 is 0 Å². The predicted molar refractivity (Wildman–Crippen MR) is 50.9 cm³/mol. The quantitative estimate of drug-likeness (QED) is 0.576. The highest BCUT2D eigenvalue weighted by Gasteiger charge is 2.24. The van der Waals surface area contributed by atoms with Crippen LogP contribution in [0.4, 0.5) is 0 Å². The first-order valence-electron chi connectivity index (χ1n) is 4.88. The normalized spacial score (nSPS) is 31.3. The molecule has 0 aromatic rings.